The van der Waals surface area contributed by atoms with Crippen LogP contribution in [0, 0.1) is 11.3 Å². The lowest BCUT2D eigenvalue weighted by Crippen LogP contribution is -2.04. The number of benzene rings is 1. The lowest BCUT2D eigenvalue weighted by molar-refractivity contribution is -0.137. The zero-order valence-corrected chi connectivity index (χ0v) is 9.44. The predicted molar refractivity (Wildman–Crippen MR) is 61.1 cm³/mol. The number of nitrogens with zero attached hydrogens (tertiary/aromatic N) is 2. The van der Waals surface area contributed by atoms with E-state index in [1.807, 2.05) is 0 Å². The van der Waals surface area contributed by atoms with Crippen molar-refractivity contribution in [2.24, 2.45) is 0 Å². The van der Waals surface area contributed by atoms with Gasteiger partial charge in [-0.05, 0) is 23.8 Å². The van der Waals surface area contributed by atoms with Crippen molar-refractivity contribution >= 4 is 0 Å². The van der Waals surface area contributed by atoms with E-state index in [4.69, 9.17) is 5.26 Å². The van der Waals surface area contributed by atoms with Gasteiger partial charge in [0.05, 0.1) is 5.56 Å². The van der Waals surface area contributed by atoms with Gasteiger partial charge < -0.3 is 5.11 Å². The predicted octanol–water partition coefficient (Wildman–Crippen LogP) is 3.34. The molecule has 0 amide bonds. The molecular formula is C13H7F3N2O. The molecule has 0 saturated heterocycles. The van der Waals surface area contributed by atoms with Crippen molar-refractivity contribution in [2.45, 2.75) is 6.18 Å². The molecule has 1 heterocycles. The van der Waals surface area contributed by atoms with E-state index in [2.05, 4.69) is 4.98 Å². The standard InChI is InChI=1S/C13H7F3N2O/c14-13(15,16)11-3-1-8(2-4-11)10-5-9(6-17)12(19)18-7-10/h1-5,7H,(H,18,19). The van der Waals surface area contributed by atoms with Crippen molar-refractivity contribution in [1.82, 2.24) is 4.98 Å². The minimum Gasteiger partial charge on any atom is -0.492 e. The summed E-state index contributed by atoms with van der Waals surface area (Å²) in [5.74, 6) is -0.404. The first-order valence-corrected chi connectivity index (χ1v) is 5.18. The summed E-state index contributed by atoms with van der Waals surface area (Å²) in [4.78, 5) is 3.61. The van der Waals surface area contributed by atoms with Crippen molar-refractivity contribution in [3.63, 3.8) is 0 Å². The van der Waals surface area contributed by atoms with E-state index in [0.717, 1.165) is 12.1 Å². The van der Waals surface area contributed by atoms with Gasteiger partial charge in [-0.1, -0.05) is 12.1 Å². The van der Waals surface area contributed by atoms with E-state index < -0.39 is 17.6 Å². The second-order valence-corrected chi connectivity index (χ2v) is 3.78. The summed E-state index contributed by atoms with van der Waals surface area (Å²) in [6, 6.07) is 7.60. The summed E-state index contributed by atoms with van der Waals surface area (Å²) in [5.41, 5.74) is 0.168. The molecule has 0 spiro atoms. The van der Waals surface area contributed by atoms with E-state index >= 15 is 0 Å². The molecule has 1 N–H and O–H groups in total. The Hall–Kier alpha value is -2.55. The third-order valence-corrected chi connectivity index (χ3v) is 2.53. The van der Waals surface area contributed by atoms with Gasteiger partial charge in [0.15, 0.2) is 0 Å². The molecule has 0 saturated carbocycles. The summed E-state index contributed by atoms with van der Waals surface area (Å²) < 4.78 is 37.2. The molecule has 0 aliphatic rings. The van der Waals surface area contributed by atoms with E-state index in [1.165, 1.54) is 24.4 Å². The molecule has 19 heavy (non-hydrogen) atoms. The number of nitriles is 1. The molecule has 2 aromatic rings. The van der Waals surface area contributed by atoms with Crippen molar-refractivity contribution in [1.29, 1.82) is 5.26 Å². The number of hydrogen-bond acceptors (Lipinski definition) is 3. The van der Waals surface area contributed by atoms with Crippen LogP contribution in [-0.4, -0.2) is 10.1 Å². The molecular weight excluding hydrogens is 257 g/mol. The maximum atomic E-state index is 12.4. The molecule has 0 atom stereocenters. The SMILES string of the molecule is N#Cc1cc(-c2ccc(C(F)(F)F)cc2)cnc1O. The topological polar surface area (TPSA) is 56.9 Å². The number of aromatic nitrogens is 1. The zero-order valence-electron chi connectivity index (χ0n) is 9.44. The van der Waals surface area contributed by atoms with E-state index in [-0.39, 0.29) is 5.56 Å². The molecule has 0 aliphatic carbocycles. The fourth-order valence-electron chi connectivity index (χ4n) is 1.55. The van der Waals surface area contributed by atoms with Crippen molar-refractivity contribution in [3.8, 4) is 23.1 Å². The molecule has 6 heteroatoms. The minimum absolute atomic E-state index is 0.0302. The lowest BCUT2D eigenvalue weighted by Gasteiger charge is -2.08. The van der Waals surface area contributed by atoms with Crippen LogP contribution in [0.5, 0.6) is 5.88 Å². The van der Waals surface area contributed by atoms with Gasteiger partial charge in [-0.25, -0.2) is 4.98 Å². The van der Waals surface area contributed by atoms with Crippen LogP contribution in [0.4, 0.5) is 13.2 Å². The third kappa shape index (κ3) is 2.65. The highest BCUT2D eigenvalue weighted by Crippen LogP contribution is 2.31. The molecule has 0 unspecified atom stereocenters. The number of alkyl halides is 3. The Morgan fingerprint density at radius 3 is 2.26 bits per heavy atom. The van der Waals surface area contributed by atoms with Gasteiger partial charge in [0.25, 0.3) is 0 Å². The van der Waals surface area contributed by atoms with Crippen molar-refractivity contribution in [2.75, 3.05) is 0 Å². The van der Waals surface area contributed by atoms with Gasteiger partial charge >= 0.3 is 6.18 Å². The monoisotopic (exact) mass is 264 g/mol. The molecule has 1 aromatic heterocycles. The number of aromatic hydroxyl groups is 1. The Morgan fingerprint density at radius 1 is 1.11 bits per heavy atom. The van der Waals surface area contributed by atoms with Crippen LogP contribution in [0.25, 0.3) is 11.1 Å². The van der Waals surface area contributed by atoms with Gasteiger partial charge in [0.2, 0.25) is 5.88 Å². The average molecular weight is 264 g/mol. The first kappa shape index (κ1) is 12.9. The first-order chi connectivity index (χ1) is 8.91. The second-order valence-electron chi connectivity index (χ2n) is 3.78. The number of hydrogen-bond donors (Lipinski definition) is 1. The highest BCUT2D eigenvalue weighted by Gasteiger charge is 2.29. The molecule has 1 aromatic carbocycles. The van der Waals surface area contributed by atoms with Gasteiger partial charge in [0, 0.05) is 11.8 Å². The third-order valence-electron chi connectivity index (χ3n) is 2.53. The normalized spacial score (nSPS) is 11.1. The van der Waals surface area contributed by atoms with Crippen LogP contribution in [-0.2, 0) is 6.18 Å². The molecule has 0 radical (unpaired) electrons. The van der Waals surface area contributed by atoms with Crippen LogP contribution >= 0.6 is 0 Å². The Labute approximate surface area is 106 Å². The summed E-state index contributed by atoms with van der Waals surface area (Å²) in [7, 11) is 0. The molecule has 0 bridgehead atoms. The molecule has 96 valence electrons. The van der Waals surface area contributed by atoms with E-state index in [1.54, 1.807) is 6.07 Å². The van der Waals surface area contributed by atoms with Crippen LogP contribution < -0.4 is 0 Å². The molecule has 3 nitrogen and oxygen atoms in total. The van der Waals surface area contributed by atoms with Crippen LogP contribution in [0.1, 0.15) is 11.1 Å². The van der Waals surface area contributed by atoms with Crippen molar-refractivity contribution in [3.05, 3.63) is 47.7 Å². The van der Waals surface area contributed by atoms with Crippen LogP contribution in [0.3, 0.4) is 0 Å². The fraction of sp³-hybridized carbons (Fsp3) is 0.0769. The van der Waals surface area contributed by atoms with Crippen LogP contribution in [0.15, 0.2) is 36.5 Å². The number of halogens is 3. The molecule has 0 fully saturated rings. The minimum atomic E-state index is -4.39. The summed E-state index contributed by atoms with van der Waals surface area (Å²) in [5, 5.41) is 18.0. The Kier molecular flexibility index (Phi) is 3.13. The average Bonchev–Trinajstić information content (AvgIpc) is 2.38. The van der Waals surface area contributed by atoms with E-state index in [0.29, 0.717) is 11.1 Å². The Morgan fingerprint density at radius 2 is 1.74 bits per heavy atom. The van der Waals surface area contributed by atoms with Crippen molar-refractivity contribution < 1.29 is 18.3 Å². The van der Waals surface area contributed by atoms with Crippen LogP contribution in [0.2, 0.25) is 0 Å². The van der Waals surface area contributed by atoms with Gasteiger partial charge in [-0.3, -0.25) is 0 Å². The smallest absolute Gasteiger partial charge is 0.416 e. The first-order valence-electron chi connectivity index (χ1n) is 5.18. The maximum absolute atomic E-state index is 12.4. The molecule has 0 aliphatic heterocycles. The second kappa shape index (κ2) is 4.61. The van der Waals surface area contributed by atoms with E-state index in [9.17, 15) is 18.3 Å². The highest BCUT2D eigenvalue weighted by atomic mass is 19.4. The summed E-state index contributed by atoms with van der Waals surface area (Å²) in [6.45, 7) is 0. The highest BCUT2D eigenvalue weighted by molar-refractivity contribution is 5.65. The zero-order chi connectivity index (χ0) is 14.0. The van der Waals surface area contributed by atoms with Gasteiger partial charge in [0.1, 0.15) is 11.6 Å². The Balaban J connectivity index is 2.41. The fourth-order valence-corrected chi connectivity index (χ4v) is 1.55. The lowest BCUT2D eigenvalue weighted by atomic mass is 10.0. The summed E-state index contributed by atoms with van der Waals surface area (Å²) >= 11 is 0. The molecule has 2 rings (SSSR count). The number of rotatable bonds is 1. The summed E-state index contributed by atoms with van der Waals surface area (Å²) in [6.07, 6.45) is -3.09. The van der Waals surface area contributed by atoms with Gasteiger partial charge in [-0.15, -0.1) is 0 Å². The maximum Gasteiger partial charge on any atom is 0.416 e. The Bertz CT molecular complexity index is 642. The van der Waals surface area contributed by atoms with Gasteiger partial charge in [-0.2, -0.15) is 18.4 Å². The largest absolute Gasteiger partial charge is 0.492 e. The quantitative estimate of drug-likeness (QED) is 0.859. The number of pyridine rings is 1.